The first-order valence-corrected chi connectivity index (χ1v) is 14.4. The van der Waals surface area contributed by atoms with E-state index in [0.717, 1.165) is 18.9 Å². The van der Waals surface area contributed by atoms with Gasteiger partial charge in [0.2, 0.25) is 0 Å². The molecule has 1 heterocycles. The van der Waals surface area contributed by atoms with E-state index in [1.54, 1.807) is 0 Å². The standard InChI is InChI=1S/C34H44N2/c1-26-11-8-9-23-36(33-22-19-29-14-6-7-15-31(29)25-33)24-10-16-34(27(26)2)35-32-20-17-30(18-21-32)28-12-4-3-5-13-28/h6-7,10-11,14-21,28,31,33,35H,3-5,8-9,12-13,22-25H2,1-2H3/b16-10-,26-11?,34-27?. The van der Waals surface area contributed by atoms with Crippen LogP contribution in [-0.2, 0) is 0 Å². The number of fused-ring (bicyclic) bond motifs is 1. The molecule has 0 saturated heterocycles. The minimum atomic E-state index is 0.592. The summed E-state index contributed by atoms with van der Waals surface area (Å²) in [7, 11) is 0. The van der Waals surface area contributed by atoms with Gasteiger partial charge in [0.1, 0.15) is 0 Å². The van der Waals surface area contributed by atoms with Gasteiger partial charge in [0.15, 0.2) is 0 Å². The van der Waals surface area contributed by atoms with Crippen LogP contribution in [0.3, 0.4) is 0 Å². The molecule has 1 aliphatic heterocycles. The van der Waals surface area contributed by atoms with Gasteiger partial charge in [0.25, 0.3) is 0 Å². The van der Waals surface area contributed by atoms with E-state index in [2.05, 4.69) is 96.9 Å². The molecule has 190 valence electrons. The fourth-order valence-electron chi connectivity index (χ4n) is 6.39. The van der Waals surface area contributed by atoms with Crippen LogP contribution in [-0.4, -0.2) is 24.0 Å². The molecule has 2 nitrogen and oxygen atoms in total. The summed E-state index contributed by atoms with van der Waals surface area (Å²) in [4.78, 5) is 2.72. The van der Waals surface area contributed by atoms with E-state index in [4.69, 9.17) is 0 Å². The molecule has 0 amide bonds. The summed E-state index contributed by atoms with van der Waals surface area (Å²) in [5.74, 6) is 1.35. The average molecular weight is 481 g/mol. The van der Waals surface area contributed by atoms with E-state index < -0.39 is 0 Å². The highest BCUT2D eigenvalue weighted by atomic mass is 15.1. The van der Waals surface area contributed by atoms with E-state index in [1.165, 1.54) is 91.6 Å². The van der Waals surface area contributed by atoms with Crippen molar-refractivity contribution in [2.24, 2.45) is 5.92 Å². The first-order chi connectivity index (χ1) is 17.7. The van der Waals surface area contributed by atoms with E-state index in [9.17, 15) is 0 Å². The fraction of sp³-hybridized carbons (Fsp3) is 0.471. The number of allylic oxidation sites excluding steroid dienone is 9. The molecule has 1 aromatic rings. The van der Waals surface area contributed by atoms with Gasteiger partial charge in [-0.2, -0.15) is 0 Å². The van der Waals surface area contributed by atoms with E-state index in [1.807, 2.05) is 0 Å². The van der Waals surface area contributed by atoms with E-state index >= 15 is 0 Å². The number of anilines is 1. The molecule has 0 radical (unpaired) electrons. The molecule has 1 fully saturated rings. The van der Waals surface area contributed by atoms with Crippen LogP contribution in [0.2, 0.25) is 0 Å². The largest absolute Gasteiger partial charge is 0.355 e. The molecule has 3 aliphatic carbocycles. The first kappa shape index (κ1) is 25.1. The highest BCUT2D eigenvalue weighted by Crippen LogP contribution is 2.34. The Labute approximate surface area is 219 Å². The summed E-state index contributed by atoms with van der Waals surface area (Å²) in [5.41, 5.74) is 8.18. The van der Waals surface area contributed by atoms with Gasteiger partial charge >= 0.3 is 0 Å². The molecule has 0 spiro atoms. The van der Waals surface area contributed by atoms with Crippen molar-refractivity contribution in [2.75, 3.05) is 18.4 Å². The Morgan fingerprint density at radius 2 is 1.72 bits per heavy atom. The summed E-state index contributed by atoms with van der Waals surface area (Å²) in [6.07, 6.45) is 30.4. The zero-order valence-electron chi connectivity index (χ0n) is 22.4. The third-order valence-electron chi connectivity index (χ3n) is 8.83. The number of nitrogens with one attached hydrogen (secondary N) is 1. The maximum atomic E-state index is 3.77. The Morgan fingerprint density at radius 3 is 2.56 bits per heavy atom. The molecule has 2 unspecified atom stereocenters. The minimum Gasteiger partial charge on any atom is -0.355 e. The van der Waals surface area contributed by atoms with Gasteiger partial charge in [-0.3, -0.25) is 4.90 Å². The number of benzene rings is 1. The zero-order chi connectivity index (χ0) is 24.7. The number of nitrogens with zero attached hydrogens (tertiary/aromatic N) is 1. The Bertz CT molecular complexity index is 1070. The molecule has 5 rings (SSSR count). The monoisotopic (exact) mass is 480 g/mol. The Morgan fingerprint density at radius 1 is 0.889 bits per heavy atom. The van der Waals surface area contributed by atoms with Crippen molar-refractivity contribution < 1.29 is 0 Å². The molecule has 4 aliphatic rings. The Hall–Kier alpha value is -2.58. The number of hydrogen-bond acceptors (Lipinski definition) is 2. The van der Waals surface area contributed by atoms with Gasteiger partial charge < -0.3 is 5.32 Å². The second kappa shape index (κ2) is 12.1. The van der Waals surface area contributed by atoms with Crippen LogP contribution in [0.25, 0.3) is 0 Å². The SMILES string of the molecule is CC1=CCCCN(C2CC=C3C=CC=CC3C2)C/C=C\C(Nc2ccc(C3CCCCC3)cc2)=C1C. The zero-order valence-corrected chi connectivity index (χ0v) is 22.4. The van der Waals surface area contributed by atoms with Gasteiger partial charge in [0, 0.05) is 29.9 Å². The highest BCUT2D eigenvalue weighted by Gasteiger charge is 2.26. The van der Waals surface area contributed by atoms with Crippen molar-refractivity contribution >= 4 is 5.69 Å². The van der Waals surface area contributed by atoms with Crippen LogP contribution in [0.1, 0.15) is 83.1 Å². The predicted octanol–water partition coefficient (Wildman–Crippen LogP) is 8.85. The van der Waals surface area contributed by atoms with Crippen molar-refractivity contribution in [2.45, 2.75) is 83.6 Å². The molecular weight excluding hydrogens is 436 g/mol. The second-order valence-electron chi connectivity index (χ2n) is 11.2. The van der Waals surface area contributed by atoms with Gasteiger partial charge in [-0.1, -0.05) is 79.5 Å². The van der Waals surface area contributed by atoms with E-state index in [0.29, 0.717) is 12.0 Å². The van der Waals surface area contributed by atoms with Gasteiger partial charge in [0.05, 0.1) is 0 Å². The molecule has 36 heavy (non-hydrogen) atoms. The van der Waals surface area contributed by atoms with Gasteiger partial charge in [-0.05, 0) is 99.8 Å². The Kier molecular flexibility index (Phi) is 8.43. The smallest absolute Gasteiger partial charge is 0.0413 e. The van der Waals surface area contributed by atoms with Crippen molar-refractivity contribution in [1.82, 2.24) is 4.90 Å². The maximum absolute atomic E-state index is 3.77. The summed E-state index contributed by atoms with van der Waals surface area (Å²) >= 11 is 0. The first-order valence-electron chi connectivity index (χ1n) is 14.4. The molecule has 1 saturated carbocycles. The lowest BCUT2D eigenvalue weighted by Crippen LogP contribution is -2.39. The van der Waals surface area contributed by atoms with Crippen LogP contribution in [0.15, 0.2) is 95.3 Å². The molecule has 2 heteroatoms. The third-order valence-corrected chi connectivity index (χ3v) is 8.83. The van der Waals surface area contributed by atoms with Crippen molar-refractivity contribution in [1.29, 1.82) is 0 Å². The molecule has 0 aromatic heterocycles. The van der Waals surface area contributed by atoms with Gasteiger partial charge in [-0.25, -0.2) is 0 Å². The average Bonchev–Trinajstić information content (AvgIpc) is 2.96. The summed E-state index contributed by atoms with van der Waals surface area (Å²) in [5, 5.41) is 3.77. The highest BCUT2D eigenvalue weighted by molar-refractivity contribution is 5.55. The van der Waals surface area contributed by atoms with Crippen LogP contribution in [0.4, 0.5) is 5.69 Å². The van der Waals surface area contributed by atoms with Crippen molar-refractivity contribution in [3.05, 3.63) is 101 Å². The molecule has 2 atom stereocenters. The fourth-order valence-corrected chi connectivity index (χ4v) is 6.39. The Balaban J connectivity index is 1.29. The quantitative estimate of drug-likeness (QED) is 0.463. The summed E-state index contributed by atoms with van der Waals surface area (Å²) in [6, 6.07) is 9.90. The minimum absolute atomic E-state index is 0.592. The topological polar surface area (TPSA) is 15.3 Å². The van der Waals surface area contributed by atoms with Gasteiger partial charge in [-0.15, -0.1) is 0 Å². The number of hydrogen-bond donors (Lipinski definition) is 1. The van der Waals surface area contributed by atoms with Crippen LogP contribution in [0.5, 0.6) is 0 Å². The maximum Gasteiger partial charge on any atom is 0.0413 e. The molecule has 1 N–H and O–H groups in total. The summed E-state index contributed by atoms with van der Waals surface area (Å²) in [6.45, 7) is 6.71. The second-order valence-corrected chi connectivity index (χ2v) is 11.2. The number of rotatable bonds is 4. The molecule has 1 aromatic carbocycles. The lowest BCUT2D eigenvalue weighted by Gasteiger charge is -2.36. The lowest BCUT2D eigenvalue weighted by atomic mass is 9.82. The van der Waals surface area contributed by atoms with Crippen molar-refractivity contribution in [3.8, 4) is 0 Å². The van der Waals surface area contributed by atoms with Crippen LogP contribution < -0.4 is 5.32 Å². The van der Waals surface area contributed by atoms with Crippen LogP contribution >= 0.6 is 0 Å². The predicted molar refractivity (Wildman–Crippen MR) is 155 cm³/mol. The summed E-state index contributed by atoms with van der Waals surface area (Å²) < 4.78 is 0. The third kappa shape index (κ3) is 6.21. The lowest BCUT2D eigenvalue weighted by molar-refractivity contribution is 0.191. The van der Waals surface area contributed by atoms with Crippen LogP contribution in [0, 0.1) is 5.92 Å². The molecular formula is C34H44N2. The van der Waals surface area contributed by atoms with Crippen molar-refractivity contribution in [3.63, 3.8) is 0 Å². The normalized spacial score (nSPS) is 27.1. The molecule has 0 bridgehead atoms. The van der Waals surface area contributed by atoms with E-state index in [-0.39, 0.29) is 0 Å².